The minimum Gasteiger partial charge on any atom is -0.378 e. The molecule has 1 aromatic rings. The number of hydrogen-bond acceptors (Lipinski definition) is 3. The van der Waals surface area contributed by atoms with E-state index in [0.717, 1.165) is 24.3 Å². The summed E-state index contributed by atoms with van der Waals surface area (Å²) in [5.41, 5.74) is -1.98. The van der Waals surface area contributed by atoms with Gasteiger partial charge in [0.15, 0.2) is 0 Å². The lowest BCUT2D eigenvalue weighted by Gasteiger charge is -2.15. The molecule has 0 aromatic heterocycles. The fraction of sp³-hybridized carbons (Fsp3) is 0.385. The largest absolute Gasteiger partial charge is 0.417 e. The zero-order valence-corrected chi connectivity index (χ0v) is 11.1. The molecule has 0 heterocycles. The van der Waals surface area contributed by atoms with E-state index in [2.05, 4.69) is 0 Å². The maximum absolute atomic E-state index is 12.9. The number of nitro benzene ring substituents is 1. The van der Waals surface area contributed by atoms with E-state index in [1.807, 2.05) is 13.8 Å². The van der Waals surface area contributed by atoms with Crippen molar-refractivity contribution >= 4 is 11.8 Å². The van der Waals surface area contributed by atoms with Crippen molar-refractivity contribution in [3.8, 4) is 0 Å². The lowest BCUT2D eigenvalue weighted by atomic mass is 10.0. The first-order valence-electron chi connectivity index (χ1n) is 6.08. The summed E-state index contributed by atoms with van der Waals surface area (Å²) in [7, 11) is 0. The molecular weight excluding hydrogens is 273 g/mol. The lowest BCUT2D eigenvalue weighted by Crippen LogP contribution is -2.15. The Hall–Kier alpha value is -2.05. The Bertz CT molecular complexity index is 509. The van der Waals surface area contributed by atoms with Crippen LogP contribution in [-0.2, 0) is 6.18 Å². The van der Waals surface area contributed by atoms with E-state index in [1.165, 1.54) is 6.20 Å². The molecule has 0 N–H and O–H groups in total. The summed E-state index contributed by atoms with van der Waals surface area (Å²) in [5.74, 6) is 0. The molecule has 20 heavy (non-hydrogen) atoms. The molecule has 7 heteroatoms. The molecule has 4 nitrogen and oxygen atoms in total. The monoisotopic (exact) mass is 288 g/mol. The number of alkyl halides is 3. The van der Waals surface area contributed by atoms with Gasteiger partial charge in [-0.2, -0.15) is 13.2 Å². The van der Waals surface area contributed by atoms with Crippen molar-refractivity contribution in [1.82, 2.24) is 4.90 Å². The molecule has 0 aliphatic heterocycles. The maximum atomic E-state index is 12.9. The average Bonchev–Trinajstić information content (AvgIpc) is 2.38. The van der Waals surface area contributed by atoms with Gasteiger partial charge in [0.2, 0.25) is 0 Å². The van der Waals surface area contributed by atoms with Crippen LogP contribution in [0.15, 0.2) is 24.4 Å². The minimum absolute atomic E-state index is 0.420. The standard InChI is InChI=1S/C13H15F3N2O2/c1-3-17(4-2)9-8-10-11(13(14,15)16)6-5-7-12(10)18(19)20/h5-9H,3-4H2,1-2H3/b9-8+. The summed E-state index contributed by atoms with van der Waals surface area (Å²) >= 11 is 0. The van der Waals surface area contributed by atoms with E-state index in [-0.39, 0.29) is 0 Å². The Labute approximate surface area is 114 Å². The first-order chi connectivity index (χ1) is 9.31. The molecule has 1 aromatic carbocycles. The van der Waals surface area contributed by atoms with Crippen molar-refractivity contribution < 1.29 is 18.1 Å². The van der Waals surface area contributed by atoms with Crippen molar-refractivity contribution in [2.45, 2.75) is 20.0 Å². The molecule has 0 aliphatic carbocycles. The molecule has 0 unspecified atom stereocenters. The summed E-state index contributed by atoms with van der Waals surface area (Å²) in [6, 6.07) is 2.95. The van der Waals surface area contributed by atoms with Gasteiger partial charge in [-0.15, -0.1) is 0 Å². The molecular formula is C13H15F3N2O2. The van der Waals surface area contributed by atoms with E-state index in [9.17, 15) is 23.3 Å². The molecule has 0 bridgehead atoms. The first kappa shape index (κ1) is 16.0. The summed E-state index contributed by atoms with van der Waals surface area (Å²) in [6.07, 6.45) is -2.04. The number of halogens is 3. The summed E-state index contributed by atoms with van der Waals surface area (Å²) in [6.45, 7) is 4.90. The molecule has 0 saturated heterocycles. The molecule has 0 radical (unpaired) electrons. The third-order valence-corrected chi connectivity index (χ3v) is 2.85. The van der Waals surface area contributed by atoms with Crippen molar-refractivity contribution in [2.24, 2.45) is 0 Å². The predicted molar refractivity (Wildman–Crippen MR) is 70.1 cm³/mol. The van der Waals surface area contributed by atoms with E-state index in [0.29, 0.717) is 13.1 Å². The molecule has 0 saturated carbocycles. The smallest absolute Gasteiger partial charge is 0.378 e. The van der Waals surface area contributed by atoms with Crippen LogP contribution in [0, 0.1) is 10.1 Å². The number of hydrogen-bond donors (Lipinski definition) is 0. The molecule has 0 atom stereocenters. The van der Waals surface area contributed by atoms with Crippen molar-refractivity contribution in [3.63, 3.8) is 0 Å². The SMILES string of the molecule is CCN(/C=C/c1c([N+](=O)[O-])cccc1C(F)(F)F)CC. The predicted octanol–water partition coefficient (Wildman–Crippen LogP) is 3.93. The van der Waals surface area contributed by atoms with Gasteiger partial charge in [-0.25, -0.2) is 0 Å². The van der Waals surface area contributed by atoms with Gasteiger partial charge in [0.25, 0.3) is 5.69 Å². The van der Waals surface area contributed by atoms with Crippen LogP contribution in [0.1, 0.15) is 25.0 Å². The number of rotatable bonds is 5. The molecule has 110 valence electrons. The van der Waals surface area contributed by atoms with Gasteiger partial charge in [0, 0.05) is 19.2 Å². The van der Waals surface area contributed by atoms with Crippen LogP contribution >= 0.6 is 0 Å². The van der Waals surface area contributed by atoms with Gasteiger partial charge < -0.3 is 4.90 Å². The highest BCUT2D eigenvalue weighted by Gasteiger charge is 2.35. The quantitative estimate of drug-likeness (QED) is 0.609. The zero-order valence-electron chi connectivity index (χ0n) is 11.1. The maximum Gasteiger partial charge on any atom is 0.417 e. The number of nitro groups is 1. The highest BCUT2D eigenvalue weighted by Crippen LogP contribution is 2.36. The van der Waals surface area contributed by atoms with E-state index < -0.39 is 27.9 Å². The molecule has 1 rings (SSSR count). The topological polar surface area (TPSA) is 46.4 Å². The first-order valence-corrected chi connectivity index (χ1v) is 6.08. The van der Waals surface area contributed by atoms with Gasteiger partial charge in [0.1, 0.15) is 0 Å². The van der Waals surface area contributed by atoms with Gasteiger partial charge in [-0.1, -0.05) is 6.07 Å². The Kier molecular flexibility index (Phi) is 5.12. The molecule has 0 fully saturated rings. The van der Waals surface area contributed by atoms with Crippen LogP contribution in [0.4, 0.5) is 18.9 Å². The van der Waals surface area contributed by atoms with Gasteiger partial charge >= 0.3 is 6.18 Å². The molecule has 0 spiro atoms. The fourth-order valence-corrected chi connectivity index (χ4v) is 1.75. The lowest BCUT2D eigenvalue weighted by molar-refractivity contribution is -0.385. The second-order valence-corrected chi connectivity index (χ2v) is 4.03. The zero-order chi connectivity index (χ0) is 15.3. The van der Waals surface area contributed by atoms with Crippen LogP contribution in [0.3, 0.4) is 0 Å². The molecule has 0 amide bonds. The normalized spacial score (nSPS) is 11.8. The Morgan fingerprint density at radius 2 is 1.90 bits per heavy atom. The highest BCUT2D eigenvalue weighted by atomic mass is 19.4. The van der Waals surface area contributed by atoms with Gasteiger partial charge in [-0.3, -0.25) is 10.1 Å². The second-order valence-electron chi connectivity index (χ2n) is 4.03. The highest BCUT2D eigenvalue weighted by molar-refractivity contribution is 5.65. The average molecular weight is 288 g/mol. The van der Waals surface area contributed by atoms with Crippen molar-refractivity contribution in [1.29, 1.82) is 0 Å². The van der Waals surface area contributed by atoms with E-state index in [4.69, 9.17) is 0 Å². The fourth-order valence-electron chi connectivity index (χ4n) is 1.75. The van der Waals surface area contributed by atoms with Crippen LogP contribution in [0.5, 0.6) is 0 Å². The van der Waals surface area contributed by atoms with Crippen LogP contribution in [-0.4, -0.2) is 22.9 Å². The Morgan fingerprint density at radius 3 is 2.35 bits per heavy atom. The van der Waals surface area contributed by atoms with Crippen molar-refractivity contribution in [2.75, 3.05) is 13.1 Å². The summed E-state index contributed by atoms with van der Waals surface area (Å²) < 4.78 is 38.7. The Morgan fingerprint density at radius 1 is 1.30 bits per heavy atom. The number of benzene rings is 1. The van der Waals surface area contributed by atoms with Gasteiger partial charge in [-0.05, 0) is 32.2 Å². The number of nitrogens with zero attached hydrogens (tertiary/aromatic N) is 2. The third kappa shape index (κ3) is 3.72. The summed E-state index contributed by atoms with van der Waals surface area (Å²) in [4.78, 5) is 11.8. The molecule has 0 aliphatic rings. The van der Waals surface area contributed by atoms with Crippen LogP contribution < -0.4 is 0 Å². The van der Waals surface area contributed by atoms with Gasteiger partial charge in [0.05, 0.1) is 16.1 Å². The Balaban J connectivity index is 3.36. The summed E-state index contributed by atoms with van der Waals surface area (Å²) in [5, 5.41) is 10.9. The van der Waals surface area contributed by atoms with E-state index in [1.54, 1.807) is 4.90 Å². The third-order valence-electron chi connectivity index (χ3n) is 2.85. The van der Waals surface area contributed by atoms with Crippen molar-refractivity contribution in [3.05, 3.63) is 45.6 Å². The minimum atomic E-state index is -4.63. The van der Waals surface area contributed by atoms with E-state index >= 15 is 0 Å². The second kappa shape index (κ2) is 6.40. The van der Waals surface area contributed by atoms with Crippen LogP contribution in [0.2, 0.25) is 0 Å². The van der Waals surface area contributed by atoms with Crippen LogP contribution in [0.25, 0.3) is 6.08 Å².